The molecule has 0 fully saturated rings. The van der Waals surface area contributed by atoms with Crippen LogP contribution in [0.2, 0.25) is 0 Å². The Kier molecular flexibility index (Phi) is 20.7. The Bertz CT molecular complexity index is 429. The van der Waals surface area contributed by atoms with Crippen molar-refractivity contribution >= 4 is 37.1 Å². The molecule has 0 aliphatic carbocycles. The zero-order valence-electron chi connectivity index (χ0n) is 11.6. The van der Waals surface area contributed by atoms with Crippen LogP contribution in [-0.4, -0.2) is 29.4 Å². The predicted octanol–water partition coefficient (Wildman–Crippen LogP) is 1.35. The van der Waals surface area contributed by atoms with E-state index >= 15 is 0 Å². The van der Waals surface area contributed by atoms with Crippen LogP contribution in [0.1, 0.15) is 0 Å². The molecule has 0 amide bonds. The van der Waals surface area contributed by atoms with Gasteiger partial charge >= 0.3 is 34.5 Å². The Morgan fingerprint density at radius 3 is 0.739 bits per heavy atom. The topological polar surface area (TPSA) is 121 Å². The molecular formula is C12H16MoO6P2S2. The summed E-state index contributed by atoms with van der Waals surface area (Å²) in [5.41, 5.74) is 0. The average Bonchev–Trinajstić information content (AvgIpc) is 2.40. The van der Waals surface area contributed by atoms with Gasteiger partial charge in [0, 0.05) is 0 Å². The fourth-order valence-electron chi connectivity index (χ4n) is 0.684. The third kappa shape index (κ3) is 60.9. The quantitative estimate of drug-likeness (QED) is 0.191. The SMILES string of the molecule is OP(O)(O)=S.OP(O)(O)=S.[Mo+2].[c-]1ccccc1.[c-]1ccccc1. The number of benzene rings is 2. The minimum absolute atomic E-state index is 0. The van der Waals surface area contributed by atoms with Crippen LogP contribution >= 0.6 is 13.4 Å². The minimum atomic E-state index is -3.81. The van der Waals surface area contributed by atoms with Gasteiger partial charge in [0.15, 0.2) is 0 Å². The van der Waals surface area contributed by atoms with Crippen LogP contribution in [0.15, 0.2) is 60.7 Å². The molecule has 0 aliphatic rings. The van der Waals surface area contributed by atoms with Crippen molar-refractivity contribution in [1.82, 2.24) is 0 Å². The van der Waals surface area contributed by atoms with E-state index in [1.54, 1.807) is 0 Å². The van der Waals surface area contributed by atoms with Gasteiger partial charge in [-0.15, -0.1) is 0 Å². The van der Waals surface area contributed by atoms with E-state index in [4.69, 9.17) is 29.4 Å². The van der Waals surface area contributed by atoms with Gasteiger partial charge in [-0.05, 0) is 23.6 Å². The summed E-state index contributed by atoms with van der Waals surface area (Å²) < 4.78 is 0. The molecule has 23 heavy (non-hydrogen) atoms. The molecule has 2 aromatic rings. The van der Waals surface area contributed by atoms with Gasteiger partial charge < -0.3 is 29.4 Å². The first-order valence-corrected chi connectivity index (χ1v) is 10.7. The second-order valence-corrected chi connectivity index (χ2v) is 8.17. The minimum Gasteiger partial charge on any atom is -0.325 e. The smallest absolute Gasteiger partial charge is 0.325 e. The van der Waals surface area contributed by atoms with Crippen molar-refractivity contribution in [2.75, 3.05) is 0 Å². The van der Waals surface area contributed by atoms with Crippen molar-refractivity contribution in [3.8, 4) is 0 Å². The van der Waals surface area contributed by atoms with Gasteiger partial charge in [-0.1, -0.05) is 0 Å². The Balaban J connectivity index is -0.000000230. The summed E-state index contributed by atoms with van der Waals surface area (Å²) in [6, 6.07) is 25.0. The van der Waals surface area contributed by atoms with Gasteiger partial charge in [-0.2, -0.15) is 72.8 Å². The van der Waals surface area contributed by atoms with Crippen molar-refractivity contribution in [1.29, 1.82) is 0 Å². The third-order valence-electron chi connectivity index (χ3n) is 1.21. The van der Waals surface area contributed by atoms with Crippen molar-refractivity contribution in [3.05, 3.63) is 72.8 Å². The molecule has 0 aliphatic heterocycles. The van der Waals surface area contributed by atoms with Crippen LogP contribution in [0.3, 0.4) is 0 Å². The first kappa shape index (κ1) is 28.0. The van der Waals surface area contributed by atoms with Gasteiger partial charge in [0.2, 0.25) is 0 Å². The van der Waals surface area contributed by atoms with Crippen molar-refractivity contribution in [2.24, 2.45) is 0 Å². The fourth-order valence-corrected chi connectivity index (χ4v) is 0.684. The molecule has 11 heteroatoms. The molecule has 0 saturated carbocycles. The zero-order valence-corrected chi connectivity index (χ0v) is 17.0. The summed E-state index contributed by atoms with van der Waals surface area (Å²) >= 11 is 7.21. The molecule has 0 unspecified atom stereocenters. The number of hydrogen-bond donors (Lipinski definition) is 6. The summed E-state index contributed by atoms with van der Waals surface area (Å²) in [5, 5.41) is 0. The second kappa shape index (κ2) is 17.0. The van der Waals surface area contributed by atoms with Gasteiger partial charge in [0.25, 0.3) is 0 Å². The van der Waals surface area contributed by atoms with Crippen LogP contribution in [0.25, 0.3) is 0 Å². The largest absolute Gasteiger partial charge is 2.00 e. The van der Waals surface area contributed by atoms with Gasteiger partial charge in [0.1, 0.15) is 0 Å². The maximum absolute atomic E-state index is 7.56. The van der Waals surface area contributed by atoms with Crippen LogP contribution in [0.4, 0.5) is 0 Å². The molecule has 2 aromatic carbocycles. The first-order chi connectivity index (χ1) is 10.0. The van der Waals surface area contributed by atoms with E-state index in [-0.39, 0.29) is 21.1 Å². The number of hydrogen-bond acceptors (Lipinski definition) is 2. The Morgan fingerprint density at radius 2 is 0.696 bits per heavy atom. The monoisotopic (exact) mass is 480 g/mol. The zero-order chi connectivity index (χ0) is 17.5. The average molecular weight is 478 g/mol. The van der Waals surface area contributed by atoms with E-state index in [0.29, 0.717) is 0 Å². The van der Waals surface area contributed by atoms with Crippen molar-refractivity contribution in [3.63, 3.8) is 0 Å². The second-order valence-electron chi connectivity index (χ2n) is 3.18. The summed E-state index contributed by atoms with van der Waals surface area (Å²) in [4.78, 5) is 45.3. The predicted molar refractivity (Wildman–Crippen MR) is 92.4 cm³/mol. The molecule has 128 valence electrons. The van der Waals surface area contributed by atoms with Gasteiger partial charge in [-0.3, -0.25) is 0 Å². The third-order valence-corrected chi connectivity index (χ3v) is 1.21. The van der Waals surface area contributed by atoms with Crippen LogP contribution < -0.4 is 0 Å². The maximum atomic E-state index is 7.56. The van der Waals surface area contributed by atoms with Crippen LogP contribution in [0, 0.1) is 12.1 Å². The summed E-state index contributed by atoms with van der Waals surface area (Å²) in [6.45, 7) is -7.61. The van der Waals surface area contributed by atoms with Crippen LogP contribution in [-0.2, 0) is 44.7 Å². The summed E-state index contributed by atoms with van der Waals surface area (Å²) in [5.74, 6) is 0. The standard InChI is InChI=1S/2C6H5.Mo.2H3O3PS/c2*1-2-4-6-5-3-1;;2*1-4(2,3)5/h2*1-5H;;2*(H3,1,2,3,5)/q2*-1;+2;;. The molecule has 6 nitrogen and oxygen atoms in total. The maximum Gasteiger partial charge on any atom is 2.00 e. The molecule has 2 rings (SSSR count). The molecule has 0 bridgehead atoms. The molecule has 0 spiro atoms. The summed E-state index contributed by atoms with van der Waals surface area (Å²) in [7, 11) is 0. The molecule has 0 atom stereocenters. The van der Waals surface area contributed by atoms with Crippen molar-refractivity contribution in [2.45, 2.75) is 0 Å². The number of rotatable bonds is 0. The van der Waals surface area contributed by atoms with Gasteiger partial charge in [0.05, 0.1) is 0 Å². The molecule has 0 radical (unpaired) electrons. The normalized spacial score (nSPS) is 9.30. The molecule has 0 heterocycles. The fraction of sp³-hybridized carbons (Fsp3) is 0. The van der Waals surface area contributed by atoms with E-state index in [2.05, 4.69) is 35.7 Å². The van der Waals surface area contributed by atoms with Gasteiger partial charge in [-0.25, -0.2) is 0 Å². The Hall–Kier alpha value is 0.188. The van der Waals surface area contributed by atoms with Crippen LogP contribution in [0.5, 0.6) is 0 Å². The van der Waals surface area contributed by atoms with E-state index in [0.717, 1.165) is 0 Å². The molecular weight excluding hydrogens is 462 g/mol. The Morgan fingerprint density at radius 1 is 0.522 bits per heavy atom. The molecule has 0 saturated heterocycles. The molecule has 6 N–H and O–H groups in total. The molecule has 0 aromatic heterocycles. The van der Waals surface area contributed by atoms with E-state index in [9.17, 15) is 0 Å². The summed E-state index contributed by atoms with van der Waals surface area (Å²) in [6.07, 6.45) is 0. The Labute approximate surface area is 159 Å². The first-order valence-electron chi connectivity index (χ1n) is 5.39. The van der Waals surface area contributed by atoms with Crippen molar-refractivity contribution < 1.29 is 50.4 Å². The van der Waals surface area contributed by atoms with E-state index in [1.807, 2.05) is 60.7 Å². The van der Waals surface area contributed by atoms with E-state index in [1.165, 1.54) is 0 Å². The van der Waals surface area contributed by atoms with E-state index < -0.39 is 13.4 Å².